The second-order valence-electron chi connectivity index (χ2n) is 33.3. The van der Waals surface area contributed by atoms with E-state index >= 15 is 0 Å². The van der Waals surface area contributed by atoms with Gasteiger partial charge in [0.25, 0.3) is 11.8 Å². The Morgan fingerprint density at radius 3 is 1.29 bits per heavy atom. The highest BCUT2D eigenvalue weighted by Gasteiger charge is 2.46. The van der Waals surface area contributed by atoms with E-state index < -0.39 is 0 Å². The van der Waals surface area contributed by atoms with E-state index in [1.165, 1.54) is 110 Å². The van der Waals surface area contributed by atoms with Crippen molar-refractivity contribution in [3.05, 3.63) is 195 Å². The number of rotatable bonds is 21. The largest absolute Gasteiger partial charge is 0.366 e. The Kier molecular flexibility index (Phi) is 20.0. The molecule has 12 nitrogen and oxygen atoms in total. The molecule has 0 radical (unpaired) electrons. The molecule has 0 saturated heterocycles. The minimum absolute atomic E-state index is 0.0177. The van der Waals surface area contributed by atoms with Gasteiger partial charge in [0, 0.05) is 170 Å². The molecule has 0 aromatic heterocycles. The SMILES string of the molecule is CCN1c2cc3c(cc2C(C)CC1(C)C)C(c1ccccc1C(=O)N(C)CCCC(=O)NCCSSCCNC(=O)CCCN(C)C(=O)c1ccccc1C1=c2cc4c5c(c2C(C)(C)c2cc6c(cc21)C(C)CC(C)(C)N6CC)CCC[N+]=5CCC4)=c1cc2c4c(c1C3(C)C)CCC[N+]=4CCC2. The molecule has 0 fully saturated rings. The molecule has 2 unspecified atom stereocenters. The van der Waals surface area contributed by atoms with Gasteiger partial charge in [-0.25, -0.2) is 9.15 Å². The molecular weight excluding hydrogens is 1300 g/mol. The molecule has 538 valence electrons. The van der Waals surface area contributed by atoms with Crippen molar-refractivity contribution in [2.24, 2.45) is 0 Å². The summed E-state index contributed by atoms with van der Waals surface area (Å²) < 4.78 is 5.32. The zero-order valence-corrected chi connectivity index (χ0v) is 65.4. The first kappa shape index (κ1) is 71.8. The van der Waals surface area contributed by atoms with Crippen molar-refractivity contribution in [1.29, 1.82) is 0 Å². The van der Waals surface area contributed by atoms with Gasteiger partial charge in [-0.3, -0.25) is 19.2 Å². The van der Waals surface area contributed by atoms with E-state index in [0.29, 0.717) is 74.8 Å². The van der Waals surface area contributed by atoms with Crippen molar-refractivity contribution in [2.45, 2.75) is 207 Å². The molecule has 4 amide bonds. The zero-order valence-electron chi connectivity index (χ0n) is 63.8. The van der Waals surface area contributed by atoms with Crippen molar-refractivity contribution < 1.29 is 19.2 Å². The number of nitrogens with one attached hydrogen (secondary N) is 2. The summed E-state index contributed by atoms with van der Waals surface area (Å²) in [6.45, 7) is 37.1. The Bertz CT molecular complexity index is 4380. The number of hydrogen-bond acceptors (Lipinski definition) is 8. The van der Waals surface area contributed by atoms with E-state index in [-0.39, 0.29) is 45.5 Å². The second kappa shape index (κ2) is 28.4. The van der Waals surface area contributed by atoms with Crippen LogP contribution in [0, 0.1) is 0 Å². The Morgan fingerprint density at radius 1 is 0.520 bits per heavy atom. The molecule has 6 aliphatic heterocycles. The Morgan fingerprint density at radius 2 is 0.902 bits per heavy atom. The number of carbonyl (C=O) groups is 4. The second-order valence-corrected chi connectivity index (χ2v) is 36.0. The predicted molar refractivity (Wildman–Crippen MR) is 423 cm³/mol. The number of anilines is 2. The van der Waals surface area contributed by atoms with E-state index in [0.717, 1.165) is 126 Å². The molecule has 2 atom stereocenters. The highest BCUT2D eigenvalue weighted by Crippen LogP contribution is 2.53. The van der Waals surface area contributed by atoms with E-state index in [4.69, 9.17) is 0 Å². The lowest BCUT2D eigenvalue weighted by molar-refractivity contribution is -0.121. The fraction of sp³-hybridized carbons (Fsp3) is 0.523. The molecule has 0 spiro atoms. The van der Waals surface area contributed by atoms with Gasteiger partial charge in [0.2, 0.25) is 22.5 Å². The average molecular weight is 1410 g/mol. The van der Waals surface area contributed by atoms with Crippen LogP contribution in [0.25, 0.3) is 11.1 Å². The number of hydrogen-bond donors (Lipinski definition) is 2. The van der Waals surface area contributed by atoms with Crippen molar-refractivity contribution in [1.82, 2.24) is 29.6 Å². The number of fused-ring (bicyclic) bond motifs is 8. The minimum Gasteiger partial charge on any atom is -0.366 e. The number of benzene rings is 6. The number of aryl methyl sites for hydroxylation is 2. The summed E-state index contributed by atoms with van der Waals surface area (Å²) >= 11 is 0. The molecule has 6 aromatic rings. The summed E-state index contributed by atoms with van der Waals surface area (Å²) in [5.41, 5.74) is 24.7. The lowest BCUT2D eigenvalue weighted by Crippen LogP contribution is -2.50. The van der Waals surface area contributed by atoms with Gasteiger partial charge in [-0.15, -0.1) is 0 Å². The van der Waals surface area contributed by atoms with Gasteiger partial charge in [-0.05, 0) is 230 Å². The van der Waals surface area contributed by atoms with Crippen LogP contribution in [0.1, 0.15) is 258 Å². The van der Waals surface area contributed by atoms with Gasteiger partial charge >= 0.3 is 0 Å². The Hall–Kier alpha value is -7.16. The standard InChI is InChI=1S/C88H110N8O4S2/c1-15-95-73-51-71-67(49-65(73)55(3)53-85(95,5)6)77(69-47-57-27-21-41-93-43-23-33-63(81(57)93)79(69)87(71,9)10)59-29-17-19-31-61(59)83(99)91(13)39-25-35-75(97)89-37-45-101-102-46-38-90-76(98)36-26-40-92(14)84(100)62-32-20-18-30-60(62)78-68-50-66-56(4)54-86(7,8)96(16-2)74(66)52-72(68)88(11,12)80-64-34-24-44-94-42-22-28-58(82(64)94)48-70(78)80/h17-20,29-32,47-52,55-56H,15-16,21-28,33-46,53-54H2,1-14H3/p+2. The van der Waals surface area contributed by atoms with Gasteiger partial charge < -0.3 is 30.2 Å². The van der Waals surface area contributed by atoms with Crippen LogP contribution in [0.4, 0.5) is 11.4 Å². The summed E-state index contributed by atoms with van der Waals surface area (Å²) in [5, 5.41) is 11.7. The summed E-state index contributed by atoms with van der Waals surface area (Å²) in [7, 11) is 7.13. The van der Waals surface area contributed by atoms with E-state index in [1.54, 1.807) is 21.6 Å². The molecule has 8 aliphatic rings. The number of amides is 4. The molecule has 14 rings (SSSR count). The Balaban J connectivity index is 0.573. The van der Waals surface area contributed by atoms with Crippen molar-refractivity contribution in [3.63, 3.8) is 0 Å². The van der Waals surface area contributed by atoms with E-state index in [2.05, 4.69) is 173 Å². The van der Waals surface area contributed by atoms with Crippen LogP contribution in [0.3, 0.4) is 0 Å². The molecule has 0 saturated carbocycles. The fourth-order valence-corrected chi connectivity index (χ4v) is 22.3. The van der Waals surface area contributed by atoms with Gasteiger partial charge in [0.1, 0.15) is 26.2 Å². The first-order valence-corrected chi connectivity index (χ1v) is 41.4. The van der Waals surface area contributed by atoms with Crippen molar-refractivity contribution >= 4 is 67.7 Å². The lowest BCUT2D eigenvalue weighted by Gasteiger charge is -2.48. The molecule has 0 bridgehead atoms. The smallest absolute Gasteiger partial charge is 0.254 e. The van der Waals surface area contributed by atoms with Crippen molar-refractivity contribution in [3.8, 4) is 0 Å². The van der Waals surface area contributed by atoms with Crippen LogP contribution >= 0.6 is 21.6 Å². The molecule has 102 heavy (non-hydrogen) atoms. The van der Waals surface area contributed by atoms with Crippen LogP contribution in [0.15, 0.2) is 84.9 Å². The summed E-state index contributed by atoms with van der Waals surface area (Å²) in [5.74, 6) is 2.14. The third-order valence-corrected chi connectivity index (χ3v) is 27.3. The molecule has 6 heterocycles. The van der Waals surface area contributed by atoms with E-state index in [9.17, 15) is 19.2 Å². The summed E-state index contributed by atoms with van der Waals surface area (Å²) in [4.78, 5) is 65.3. The van der Waals surface area contributed by atoms with E-state index in [1.807, 2.05) is 48.2 Å². The topological polar surface area (TPSA) is 111 Å². The number of nitrogens with zero attached hydrogens (tertiary/aromatic N) is 6. The van der Waals surface area contributed by atoms with Crippen LogP contribution in [0.2, 0.25) is 0 Å². The molecule has 2 aliphatic carbocycles. The lowest BCUT2D eigenvalue weighted by atomic mass is 9.64. The first-order valence-electron chi connectivity index (χ1n) is 38.9. The first-order chi connectivity index (χ1) is 48.9. The summed E-state index contributed by atoms with van der Waals surface area (Å²) in [6.07, 6.45) is 12.8. The highest BCUT2D eigenvalue weighted by atomic mass is 33.1. The normalized spacial score (nSPS) is 19.6. The predicted octanol–water partition coefficient (Wildman–Crippen LogP) is 12.5. The molecular formula is C88H112N8O4S2+2. The Labute approximate surface area is 615 Å². The zero-order chi connectivity index (χ0) is 71.9. The summed E-state index contributed by atoms with van der Waals surface area (Å²) in [6, 6.07) is 31.8. The third-order valence-electron chi connectivity index (χ3n) is 24.8. The maximum absolute atomic E-state index is 15.0. The van der Waals surface area contributed by atoms with Crippen LogP contribution in [-0.2, 0) is 46.1 Å². The van der Waals surface area contributed by atoms with Crippen molar-refractivity contribution in [2.75, 3.05) is 101 Å². The number of carbonyl (C=O) groups excluding carboxylic acids is 4. The fourth-order valence-electron chi connectivity index (χ4n) is 20.5. The van der Waals surface area contributed by atoms with Crippen LogP contribution in [0.5, 0.6) is 0 Å². The van der Waals surface area contributed by atoms with Crippen LogP contribution < -0.4 is 50.7 Å². The third kappa shape index (κ3) is 12.7. The van der Waals surface area contributed by atoms with Crippen LogP contribution in [-0.4, -0.2) is 136 Å². The molecule has 14 heteroatoms. The van der Waals surface area contributed by atoms with Gasteiger partial charge in [0.05, 0.1) is 0 Å². The maximum atomic E-state index is 15.0. The van der Waals surface area contributed by atoms with Gasteiger partial charge in [0.15, 0.2) is 0 Å². The van der Waals surface area contributed by atoms with Gasteiger partial charge in [-0.1, -0.05) is 99.5 Å². The monoisotopic (exact) mass is 1410 g/mol. The van der Waals surface area contributed by atoms with Gasteiger partial charge in [-0.2, -0.15) is 0 Å². The molecule has 2 N–H and O–H groups in total. The highest BCUT2D eigenvalue weighted by molar-refractivity contribution is 8.76. The molecule has 6 aromatic carbocycles. The maximum Gasteiger partial charge on any atom is 0.254 e. The quantitative estimate of drug-likeness (QED) is 0.0416. The minimum atomic E-state index is -0.265. The average Bonchev–Trinajstić information content (AvgIpc) is 0.703.